The number of thioether (sulfide) groups is 1. The molecule has 1 amide bonds. The number of nitriles is 2. The second-order valence-corrected chi connectivity index (χ2v) is 8.01. The molecule has 3 aromatic rings. The van der Waals surface area contributed by atoms with E-state index in [2.05, 4.69) is 27.4 Å². The van der Waals surface area contributed by atoms with Gasteiger partial charge in [0.1, 0.15) is 28.5 Å². The van der Waals surface area contributed by atoms with Gasteiger partial charge in [-0.3, -0.25) is 9.78 Å². The first kappa shape index (κ1) is 20.3. The van der Waals surface area contributed by atoms with Crippen LogP contribution in [0.25, 0.3) is 10.4 Å². The molecule has 0 aromatic carbocycles. The van der Waals surface area contributed by atoms with Crippen molar-refractivity contribution < 1.29 is 4.79 Å². The van der Waals surface area contributed by atoms with E-state index in [-0.39, 0.29) is 22.9 Å². The Hall–Kier alpha value is -3.40. The highest BCUT2D eigenvalue weighted by molar-refractivity contribution is 8.00. The molecule has 3 heterocycles. The predicted octanol–water partition coefficient (Wildman–Crippen LogP) is 4.04. The standard InChI is InChI=1S/C20H16N6OS2/c1-2-15(19(27)25-12-5-7-24-8-6-12)29-20-14(11-22)17(16-4-3-9-28-16)13(10-21)18(23)26-20/h3-9,15H,2H2,1H3,(H2,23,26)(H,24,25,27). The summed E-state index contributed by atoms with van der Waals surface area (Å²) in [5.74, 6) is -0.170. The molecule has 9 heteroatoms. The number of nitrogens with zero attached hydrogens (tertiary/aromatic N) is 4. The summed E-state index contributed by atoms with van der Waals surface area (Å²) in [7, 11) is 0. The van der Waals surface area contributed by atoms with E-state index in [0.717, 1.165) is 4.88 Å². The Balaban J connectivity index is 1.99. The lowest BCUT2D eigenvalue weighted by atomic mass is 10.0. The molecule has 0 aliphatic heterocycles. The minimum Gasteiger partial charge on any atom is -0.383 e. The second kappa shape index (κ2) is 9.20. The number of amides is 1. The van der Waals surface area contributed by atoms with Gasteiger partial charge in [-0.25, -0.2) is 4.98 Å². The number of thiophene rings is 1. The fourth-order valence-electron chi connectivity index (χ4n) is 2.67. The SMILES string of the molecule is CCC(Sc1nc(N)c(C#N)c(-c2cccs2)c1C#N)C(=O)Nc1ccncc1. The van der Waals surface area contributed by atoms with Crippen molar-refractivity contribution in [3.63, 3.8) is 0 Å². The highest BCUT2D eigenvalue weighted by Gasteiger charge is 2.25. The van der Waals surface area contributed by atoms with E-state index in [1.165, 1.54) is 23.1 Å². The number of hydrogen-bond acceptors (Lipinski definition) is 8. The van der Waals surface area contributed by atoms with Crippen molar-refractivity contribution in [2.45, 2.75) is 23.6 Å². The van der Waals surface area contributed by atoms with Gasteiger partial charge in [-0.15, -0.1) is 11.3 Å². The molecule has 0 aliphatic rings. The number of carbonyl (C=O) groups excluding carboxylic acids is 1. The number of anilines is 2. The molecule has 1 atom stereocenters. The fraction of sp³-hybridized carbons (Fsp3) is 0.150. The maximum atomic E-state index is 12.7. The van der Waals surface area contributed by atoms with Crippen LogP contribution in [0.3, 0.4) is 0 Å². The molecule has 0 fully saturated rings. The van der Waals surface area contributed by atoms with Gasteiger partial charge in [0.2, 0.25) is 5.91 Å². The first-order valence-corrected chi connectivity index (χ1v) is 10.4. The summed E-state index contributed by atoms with van der Waals surface area (Å²) in [6.07, 6.45) is 3.70. The summed E-state index contributed by atoms with van der Waals surface area (Å²) in [5, 5.41) is 23.9. The number of pyridine rings is 2. The number of nitrogens with two attached hydrogens (primary N) is 1. The van der Waals surface area contributed by atoms with Crippen molar-refractivity contribution in [1.29, 1.82) is 10.5 Å². The summed E-state index contributed by atoms with van der Waals surface area (Å²) in [6, 6.07) is 11.3. The Morgan fingerprint density at radius 1 is 1.28 bits per heavy atom. The minimum absolute atomic E-state index is 0.0433. The molecule has 0 bridgehead atoms. The second-order valence-electron chi connectivity index (χ2n) is 5.87. The third kappa shape index (κ3) is 4.37. The summed E-state index contributed by atoms with van der Waals surface area (Å²) in [5.41, 5.74) is 7.54. The van der Waals surface area contributed by atoms with E-state index in [1.807, 2.05) is 24.4 Å². The molecule has 144 valence electrons. The van der Waals surface area contributed by atoms with E-state index in [0.29, 0.717) is 22.7 Å². The van der Waals surface area contributed by atoms with Crippen molar-refractivity contribution in [2.75, 3.05) is 11.1 Å². The van der Waals surface area contributed by atoms with Gasteiger partial charge in [0.05, 0.1) is 10.8 Å². The van der Waals surface area contributed by atoms with Gasteiger partial charge in [0.15, 0.2) is 0 Å². The van der Waals surface area contributed by atoms with Crippen LogP contribution in [-0.2, 0) is 4.79 Å². The molecule has 0 radical (unpaired) electrons. The molecule has 0 saturated heterocycles. The quantitative estimate of drug-likeness (QED) is 0.576. The van der Waals surface area contributed by atoms with Gasteiger partial charge in [-0.2, -0.15) is 10.5 Å². The smallest absolute Gasteiger partial charge is 0.237 e. The van der Waals surface area contributed by atoms with Crippen molar-refractivity contribution in [3.05, 3.63) is 53.2 Å². The Morgan fingerprint density at radius 2 is 2.00 bits per heavy atom. The molecule has 0 spiro atoms. The van der Waals surface area contributed by atoms with Crippen LogP contribution in [0.4, 0.5) is 11.5 Å². The van der Waals surface area contributed by atoms with Crippen molar-refractivity contribution in [2.24, 2.45) is 0 Å². The first-order chi connectivity index (χ1) is 14.1. The van der Waals surface area contributed by atoms with Crippen molar-refractivity contribution in [3.8, 4) is 22.6 Å². The van der Waals surface area contributed by atoms with E-state index in [9.17, 15) is 15.3 Å². The summed E-state index contributed by atoms with van der Waals surface area (Å²) in [6.45, 7) is 1.88. The Kier molecular flexibility index (Phi) is 6.45. The maximum Gasteiger partial charge on any atom is 0.237 e. The Morgan fingerprint density at radius 3 is 2.59 bits per heavy atom. The lowest BCUT2D eigenvalue weighted by Gasteiger charge is -2.17. The minimum atomic E-state index is -0.494. The Bertz CT molecular complexity index is 1100. The highest BCUT2D eigenvalue weighted by atomic mass is 32.2. The van der Waals surface area contributed by atoms with Gasteiger partial charge in [0.25, 0.3) is 0 Å². The van der Waals surface area contributed by atoms with Crippen LogP contribution in [0, 0.1) is 22.7 Å². The van der Waals surface area contributed by atoms with Crippen LogP contribution in [-0.4, -0.2) is 21.1 Å². The van der Waals surface area contributed by atoms with Crippen molar-refractivity contribution in [1.82, 2.24) is 9.97 Å². The van der Waals surface area contributed by atoms with Gasteiger partial charge < -0.3 is 11.1 Å². The fourth-order valence-corrected chi connectivity index (χ4v) is 4.47. The molecule has 3 N–H and O–H groups in total. The van der Waals surface area contributed by atoms with E-state index >= 15 is 0 Å². The predicted molar refractivity (Wildman–Crippen MR) is 114 cm³/mol. The van der Waals surface area contributed by atoms with Crippen LogP contribution in [0.2, 0.25) is 0 Å². The lowest BCUT2D eigenvalue weighted by molar-refractivity contribution is -0.115. The van der Waals surface area contributed by atoms with Gasteiger partial charge in [0, 0.05) is 28.5 Å². The van der Waals surface area contributed by atoms with E-state index in [1.54, 1.807) is 24.5 Å². The first-order valence-electron chi connectivity index (χ1n) is 8.64. The number of aromatic nitrogens is 2. The molecule has 1 unspecified atom stereocenters. The zero-order valence-corrected chi connectivity index (χ0v) is 17.0. The average Bonchev–Trinajstić information content (AvgIpc) is 3.26. The largest absolute Gasteiger partial charge is 0.383 e. The zero-order chi connectivity index (χ0) is 20.8. The number of hydrogen-bond donors (Lipinski definition) is 2. The topological polar surface area (TPSA) is 128 Å². The summed E-state index contributed by atoms with van der Waals surface area (Å²) < 4.78 is 0. The molecular formula is C20H16N6OS2. The maximum absolute atomic E-state index is 12.7. The number of nitrogens with one attached hydrogen (secondary N) is 1. The van der Waals surface area contributed by atoms with Crippen LogP contribution in [0.1, 0.15) is 24.5 Å². The van der Waals surface area contributed by atoms with Crippen molar-refractivity contribution >= 4 is 40.5 Å². The van der Waals surface area contributed by atoms with E-state index < -0.39 is 5.25 Å². The molecule has 29 heavy (non-hydrogen) atoms. The third-order valence-electron chi connectivity index (χ3n) is 4.05. The summed E-state index contributed by atoms with van der Waals surface area (Å²) in [4.78, 5) is 21.7. The normalized spacial score (nSPS) is 11.3. The number of carbonyl (C=O) groups is 1. The molecule has 0 aliphatic carbocycles. The lowest BCUT2D eigenvalue weighted by Crippen LogP contribution is -2.25. The number of rotatable bonds is 6. The van der Waals surface area contributed by atoms with Gasteiger partial charge in [-0.05, 0) is 30.0 Å². The number of nitrogen functional groups attached to an aromatic ring is 1. The van der Waals surface area contributed by atoms with Gasteiger partial charge >= 0.3 is 0 Å². The highest BCUT2D eigenvalue weighted by Crippen LogP contribution is 2.39. The van der Waals surface area contributed by atoms with E-state index in [4.69, 9.17) is 5.73 Å². The van der Waals surface area contributed by atoms with Gasteiger partial charge in [-0.1, -0.05) is 24.8 Å². The molecule has 7 nitrogen and oxygen atoms in total. The average molecular weight is 421 g/mol. The molecular weight excluding hydrogens is 404 g/mol. The molecule has 0 saturated carbocycles. The van der Waals surface area contributed by atoms with Crippen LogP contribution in [0.5, 0.6) is 0 Å². The molecule has 3 rings (SSSR count). The third-order valence-corrected chi connectivity index (χ3v) is 6.29. The zero-order valence-electron chi connectivity index (χ0n) is 15.4. The van der Waals surface area contributed by atoms with Crippen LogP contribution in [0.15, 0.2) is 47.1 Å². The van der Waals surface area contributed by atoms with Crippen LogP contribution < -0.4 is 11.1 Å². The summed E-state index contributed by atoms with van der Waals surface area (Å²) >= 11 is 2.57. The molecule has 3 aromatic heterocycles. The monoisotopic (exact) mass is 420 g/mol. The Labute approximate surface area is 176 Å². The van der Waals surface area contributed by atoms with Crippen LogP contribution >= 0.6 is 23.1 Å².